The van der Waals surface area contributed by atoms with Crippen molar-refractivity contribution in [2.75, 3.05) is 18.5 Å². The number of carbonyl (C=O) groups excluding carboxylic acids is 3. The summed E-state index contributed by atoms with van der Waals surface area (Å²) in [5, 5.41) is 6.11. The Morgan fingerprint density at radius 1 is 1.07 bits per heavy atom. The van der Waals surface area contributed by atoms with Crippen LogP contribution in [0.1, 0.15) is 33.4 Å². The molecule has 0 unspecified atom stereocenters. The van der Waals surface area contributed by atoms with E-state index < -0.39 is 18.5 Å². The van der Waals surface area contributed by atoms with Crippen molar-refractivity contribution in [1.29, 1.82) is 0 Å². The number of hydrogen-bond donors (Lipinski definition) is 2. The number of nitrogens with one attached hydrogen (secondary N) is 2. The summed E-state index contributed by atoms with van der Waals surface area (Å²) in [6.07, 6.45) is 0. The van der Waals surface area contributed by atoms with Crippen LogP contribution in [-0.2, 0) is 9.53 Å². The predicted octanol–water partition coefficient (Wildman–Crippen LogP) is 3.29. The Morgan fingerprint density at radius 2 is 1.86 bits per heavy atom. The molecule has 144 valence electrons. The Morgan fingerprint density at radius 3 is 2.61 bits per heavy atom. The average molecular weight is 380 g/mol. The Kier molecular flexibility index (Phi) is 5.74. The highest BCUT2D eigenvalue weighted by molar-refractivity contribution is 5.99. The van der Waals surface area contributed by atoms with E-state index >= 15 is 0 Å². The van der Waals surface area contributed by atoms with Gasteiger partial charge < -0.3 is 19.8 Å². The molecule has 0 aliphatic rings. The maximum absolute atomic E-state index is 12.3. The molecule has 28 heavy (non-hydrogen) atoms. The van der Waals surface area contributed by atoms with E-state index in [1.165, 1.54) is 0 Å². The van der Waals surface area contributed by atoms with Crippen LogP contribution < -0.4 is 10.6 Å². The van der Waals surface area contributed by atoms with E-state index in [0.29, 0.717) is 28.9 Å². The number of para-hydroxylation sites is 1. The van der Waals surface area contributed by atoms with Gasteiger partial charge >= 0.3 is 5.97 Å². The van der Waals surface area contributed by atoms with Gasteiger partial charge in [0.15, 0.2) is 6.61 Å². The highest BCUT2D eigenvalue weighted by Crippen LogP contribution is 2.25. The van der Waals surface area contributed by atoms with E-state index in [4.69, 9.17) is 9.15 Å². The zero-order valence-corrected chi connectivity index (χ0v) is 15.6. The molecule has 0 saturated heterocycles. The lowest BCUT2D eigenvalue weighted by Crippen LogP contribution is -2.23. The van der Waals surface area contributed by atoms with Gasteiger partial charge in [0.1, 0.15) is 5.58 Å². The van der Waals surface area contributed by atoms with Gasteiger partial charge in [-0.1, -0.05) is 24.3 Å². The molecule has 1 heterocycles. The number of esters is 1. The van der Waals surface area contributed by atoms with Crippen molar-refractivity contribution in [3.63, 3.8) is 0 Å². The summed E-state index contributed by atoms with van der Waals surface area (Å²) in [4.78, 5) is 36.2. The minimum Gasteiger partial charge on any atom is -0.450 e. The normalized spacial score (nSPS) is 10.5. The molecular weight excluding hydrogens is 360 g/mol. The van der Waals surface area contributed by atoms with Crippen LogP contribution in [0.5, 0.6) is 0 Å². The molecule has 0 saturated carbocycles. The topological polar surface area (TPSA) is 97.6 Å². The number of carbonyl (C=O) groups is 3. The van der Waals surface area contributed by atoms with Gasteiger partial charge in [-0.15, -0.1) is 0 Å². The monoisotopic (exact) mass is 380 g/mol. The van der Waals surface area contributed by atoms with Crippen molar-refractivity contribution in [2.24, 2.45) is 0 Å². The molecule has 0 fully saturated rings. The van der Waals surface area contributed by atoms with E-state index in [1.54, 1.807) is 37.3 Å². The number of rotatable bonds is 6. The van der Waals surface area contributed by atoms with Crippen molar-refractivity contribution < 1.29 is 23.5 Å². The molecule has 0 radical (unpaired) electrons. The smallest absolute Gasteiger partial charge is 0.375 e. The minimum atomic E-state index is -0.708. The molecule has 0 aliphatic heterocycles. The summed E-state index contributed by atoms with van der Waals surface area (Å²) in [6, 6.07) is 13.8. The number of anilines is 1. The fraction of sp³-hybridized carbons (Fsp3) is 0.190. The molecule has 0 spiro atoms. The van der Waals surface area contributed by atoms with Gasteiger partial charge in [-0.05, 0) is 38.1 Å². The van der Waals surface area contributed by atoms with Crippen LogP contribution in [0.3, 0.4) is 0 Å². The van der Waals surface area contributed by atoms with Crippen molar-refractivity contribution in [2.45, 2.75) is 13.8 Å². The van der Waals surface area contributed by atoms with E-state index in [1.807, 2.05) is 25.1 Å². The zero-order valence-electron chi connectivity index (χ0n) is 15.6. The molecule has 7 nitrogen and oxygen atoms in total. The third kappa shape index (κ3) is 4.20. The van der Waals surface area contributed by atoms with E-state index in [0.717, 1.165) is 5.39 Å². The molecule has 0 atom stereocenters. The van der Waals surface area contributed by atoms with Crippen LogP contribution in [0.15, 0.2) is 52.9 Å². The molecule has 3 aromatic rings. The van der Waals surface area contributed by atoms with E-state index in [2.05, 4.69) is 10.6 Å². The molecule has 0 bridgehead atoms. The Balaban J connectivity index is 1.61. The van der Waals surface area contributed by atoms with E-state index in [-0.39, 0.29) is 11.7 Å². The van der Waals surface area contributed by atoms with Crippen LogP contribution in [0.25, 0.3) is 11.0 Å². The predicted molar refractivity (Wildman–Crippen MR) is 104 cm³/mol. The highest BCUT2D eigenvalue weighted by atomic mass is 16.5. The number of furan rings is 1. The van der Waals surface area contributed by atoms with Gasteiger partial charge in [-0.25, -0.2) is 4.79 Å². The fourth-order valence-corrected chi connectivity index (χ4v) is 2.76. The molecular formula is C21H20N2O5. The summed E-state index contributed by atoms with van der Waals surface area (Å²) in [7, 11) is 0. The molecule has 3 rings (SSSR count). The van der Waals surface area contributed by atoms with Crippen molar-refractivity contribution >= 4 is 34.4 Å². The molecule has 2 aromatic carbocycles. The first kappa shape index (κ1) is 19.2. The van der Waals surface area contributed by atoms with Gasteiger partial charge in [0.05, 0.1) is 0 Å². The maximum atomic E-state index is 12.3. The standard InChI is InChI=1S/C21H20N2O5/c1-3-22-20(25)14-7-6-8-15(11-14)23-18(24)12-27-21(26)19-13(2)16-9-4-5-10-17(16)28-19/h4-11H,3,12H2,1-2H3,(H,22,25)(H,23,24). The summed E-state index contributed by atoms with van der Waals surface area (Å²) in [5.74, 6) is -1.38. The Bertz CT molecular complexity index is 1040. The first-order valence-corrected chi connectivity index (χ1v) is 8.83. The van der Waals surface area contributed by atoms with Gasteiger partial charge in [0, 0.05) is 28.7 Å². The quantitative estimate of drug-likeness (QED) is 0.640. The first-order chi connectivity index (χ1) is 13.5. The summed E-state index contributed by atoms with van der Waals surface area (Å²) >= 11 is 0. The van der Waals surface area contributed by atoms with Gasteiger partial charge in [0.25, 0.3) is 11.8 Å². The number of amides is 2. The summed E-state index contributed by atoms with van der Waals surface area (Å²) in [5.41, 5.74) is 2.11. The number of fused-ring (bicyclic) bond motifs is 1. The average Bonchev–Trinajstić information content (AvgIpc) is 3.03. The van der Waals surface area contributed by atoms with Gasteiger partial charge in [-0.3, -0.25) is 9.59 Å². The van der Waals surface area contributed by atoms with Crippen molar-refractivity contribution in [3.8, 4) is 0 Å². The first-order valence-electron chi connectivity index (χ1n) is 8.83. The Labute approximate surface area is 161 Å². The number of ether oxygens (including phenoxy) is 1. The highest BCUT2D eigenvalue weighted by Gasteiger charge is 2.19. The fourth-order valence-electron chi connectivity index (χ4n) is 2.76. The Hall–Kier alpha value is -3.61. The number of benzene rings is 2. The number of hydrogen-bond acceptors (Lipinski definition) is 5. The largest absolute Gasteiger partial charge is 0.450 e. The van der Waals surface area contributed by atoms with Crippen LogP contribution in [-0.4, -0.2) is 30.9 Å². The summed E-state index contributed by atoms with van der Waals surface area (Å²) in [6.45, 7) is 3.62. The SMILES string of the molecule is CCNC(=O)c1cccc(NC(=O)COC(=O)c2oc3ccccc3c2C)c1. The minimum absolute atomic E-state index is 0.0761. The van der Waals surface area contributed by atoms with Crippen LogP contribution in [0, 0.1) is 6.92 Å². The zero-order chi connectivity index (χ0) is 20.1. The summed E-state index contributed by atoms with van der Waals surface area (Å²) < 4.78 is 10.6. The molecule has 0 aliphatic carbocycles. The van der Waals surface area contributed by atoms with Gasteiger partial charge in [-0.2, -0.15) is 0 Å². The van der Waals surface area contributed by atoms with Crippen molar-refractivity contribution in [1.82, 2.24) is 5.32 Å². The van der Waals surface area contributed by atoms with Crippen LogP contribution in [0.2, 0.25) is 0 Å². The van der Waals surface area contributed by atoms with Crippen LogP contribution in [0.4, 0.5) is 5.69 Å². The lowest BCUT2D eigenvalue weighted by molar-refractivity contribution is -0.119. The molecule has 2 amide bonds. The second kappa shape index (κ2) is 8.39. The maximum Gasteiger partial charge on any atom is 0.375 e. The lowest BCUT2D eigenvalue weighted by atomic mass is 10.1. The second-order valence-electron chi connectivity index (χ2n) is 6.12. The van der Waals surface area contributed by atoms with Crippen molar-refractivity contribution in [3.05, 3.63) is 65.4 Å². The third-order valence-corrected chi connectivity index (χ3v) is 4.11. The van der Waals surface area contributed by atoms with Gasteiger partial charge in [0.2, 0.25) is 5.76 Å². The molecule has 7 heteroatoms. The number of aryl methyl sites for hydroxylation is 1. The molecule has 1 aromatic heterocycles. The third-order valence-electron chi connectivity index (χ3n) is 4.11. The lowest BCUT2D eigenvalue weighted by Gasteiger charge is -2.08. The van der Waals surface area contributed by atoms with Crippen LogP contribution >= 0.6 is 0 Å². The molecule has 2 N–H and O–H groups in total. The second-order valence-corrected chi connectivity index (χ2v) is 6.12. The van der Waals surface area contributed by atoms with E-state index in [9.17, 15) is 14.4 Å².